The number of halogens is 2. The van der Waals surface area contributed by atoms with Gasteiger partial charge < -0.3 is 15.1 Å². The van der Waals surface area contributed by atoms with Crippen molar-refractivity contribution < 1.29 is 22.8 Å². The first kappa shape index (κ1) is 17.7. The van der Waals surface area contributed by atoms with Gasteiger partial charge in [0, 0.05) is 17.7 Å². The van der Waals surface area contributed by atoms with E-state index in [9.17, 15) is 18.4 Å². The van der Waals surface area contributed by atoms with Crippen LogP contribution in [-0.2, 0) is 0 Å². The average molecular weight is 336 g/mol. The molecule has 7 heteroatoms. The largest absolute Gasteiger partial charge is 0.459 e. The van der Waals surface area contributed by atoms with Crippen molar-refractivity contribution >= 4 is 17.5 Å². The Morgan fingerprint density at radius 2 is 1.79 bits per heavy atom. The summed E-state index contributed by atoms with van der Waals surface area (Å²) in [7, 11) is 0. The minimum Gasteiger partial charge on any atom is -0.459 e. The molecule has 0 bridgehead atoms. The van der Waals surface area contributed by atoms with Crippen LogP contribution in [0, 0.1) is 24.5 Å². The molecule has 0 saturated carbocycles. The summed E-state index contributed by atoms with van der Waals surface area (Å²) in [5.74, 6) is -3.26. The molecular weight excluding hydrogens is 318 g/mol. The molecule has 0 saturated heterocycles. The van der Waals surface area contributed by atoms with Crippen molar-refractivity contribution in [2.24, 2.45) is 5.92 Å². The fourth-order valence-corrected chi connectivity index (χ4v) is 2.00. The Kier molecular flexibility index (Phi) is 5.33. The summed E-state index contributed by atoms with van der Waals surface area (Å²) < 4.78 is 33.2. The second-order valence-corrected chi connectivity index (χ2v) is 5.81. The quantitative estimate of drug-likeness (QED) is 0.878. The standard InChI is InChI=1S/C17H18F2N2O3/c1-9(2)8-20-16(22)11-6-12(18)14(13(19)7-11)21-17(23)15-10(3)4-5-24-15/h4-7,9H,8H2,1-3H3,(H,20,22)(H,21,23). The van der Waals surface area contributed by atoms with E-state index >= 15 is 0 Å². The molecular formula is C17H18F2N2O3. The maximum atomic E-state index is 14.1. The average Bonchev–Trinajstić information content (AvgIpc) is 2.94. The van der Waals surface area contributed by atoms with Crippen molar-refractivity contribution in [3.05, 3.63) is 53.0 Å². The minimum absolute atomic E-state index is 0.0347. The lowest BCUT2D eigenvalue weighted by atomic mass is 10.1. The van der Waals surface area contributed by atoms with Crippen LogP contribution in [0.25, 0.3) is 0 Å². The van der Waals surface area contributed by atoms with Crippen molar-refractivity contribution in [2.75, 3.05) is 11.9 Å². The smallest absolute Gasteiger partial charge is 0.291 e. The van der Waals surface area contributed by atoms with E-state index in [1.165, 1.54) is 6.26 Å². The van der Waals surface area contributed by atoms with Crippen molar-refractivity contribution in [2.45, 2.75) is 20.8 Å². The number of nitrogens with one attached hydrogen (secondary N) is 2. The van der Waals surface area contributed by atoms with E-state index in [0.29, 0.717) is 12.1 Å². The molecule has 0 radical (unpaired) electrons. The van der Waals surface area contributed by atoms with Gasteiger partial charge in [0.2, 0.25) is 0 Å². The molecule has 1 aromatic carbocycles. The van der Waals surface area contributed by atoms with Gasteiger partial charge in [-0.05, 0) is 31.0 Å². The zero-order valence-electron chi connectivity index (χ0n) is 13.6. The van der Waals surface area contributed by atoms with Crippen LogP contribution in [0.2, 0.25) is 0 Å². The molecule has 0 spiro atoms. The first-order valence-electron chi connectivity index (χ1n) is 7.42. The number of rotatable bonds is 5. The van der Waals surface area contributed by atoms with Gasteiger partial charge in [-0.15, -0.1) is 0 Å². The van der Waals surface area contributed by atoms with Crippen LogP contribution in [0.5, 0.6) is 0 Å². The molecule has 0 aliphatic carbocycles. The maximum Gasteiger partial charge on any atom is 0.291 e. The molecule has 0 unspecified atom stereocenters. The number of carbonyl (C=O) groups is 2. The molecule has 0 fully saturated rings. The zero-order chi connectivity index (χ0) is 17.9. The Morgan fingerprint density at radius 3 is 2.29 bits per heavy atom. The zero-order valence-corrected chi connectivity index (χ0v) is 13.6. The van der Waals surface area contributed by atoms with Gasteiger partial charge in [0.15, 0.2) is 17.4 Å². The molecule has 24 heavy (non-hydrogen) atoms. The Bertz CT molecular complexity index is 746. The Hall–Kier alpha value is -2.70. The topological polar surface area (TPSA) is 71.3 Å². The highest BCUT2D eigenvalue weighted by molar-refractivity contribution is 6.03. The molecule has 2 N–H and O–H groups in total. The molecule has 0 atom stereocenters. The summed E-state index contributed by atoms with van der Waals surface area (Å²) in [4.78, 5) is 23.9. The molecule has 2 amide bonds. The van der Waals surface area contributed by atoms with E-state index in [1.807, 2.05) is 13.8 Å². The van der Waals surface area contributed by atoms with E-state index in [1.54, 1.807) is 13.0 Å². The molecule has 128 valence electrons. The molecule has 0 aliphatic rings. The van der Waals surface area contributed by atoms with Gasteiger partial charge in [-0.1, -0.05) is 13.8 Å². The fraction of sp³-hybridized carbons (Fsp3) is 0.294. The van der Waals surface area contributed by atoms with Gasteiger partial charge in [-0.25, -0.2) is 8.78 Å². The summed E-state index contributed by atoms with van der Waals surface area (Å²) in [5, 5.41) is 4.69. The number of hydrogen-bond donors (Lipinski definition) is 2. The van der Waals surface area contributed by atoms with E-state index in [4.69, 9.17) is 4.42 Å². The first-order valence-corrected chi connectivity index (χ1v) is 7.42. The highest BCUT2D eigenvalue weighted by Crippen LogP contribution is 2.22. The van der Waals surface area contributed by atoms with E-state index in [0.717, 1.165) is 12.1 Å². The lowest BCUT2D eigenvalue weighted by Gasteiger charge is -2.11. The number of aryl methyl sites for hydroxylation is 1. The normalized spacial score (nSPS) is 10.8. The Balaban J connectivity index is 2.19. The van der Waals surface area contributed by atoms with Gasteiger partial charge in [-0.2, -0.15) is 0 Å². The van der Waals surface area contributed by atoms with E-state index < -0.39 is 29.1 Å². The Labute approximate surface area is 138 Å². The van der Waals surface area contributed by atoms with Crippen LogP contribution in [0.1, 0.15) is 40.3 Å². The molecule has 2 aromatic rings. The van der Waals surface area contributed by atoms with E-state index in [-0.39, 0.29) is 17.2 Å². The maximum absolute atomic E-state index is 14.1. The minimum atomic E-state index is -1.04. The highest BCUT2D eigenvalue weighted by atomic mass is 19.1. The summed E-state index contributed by atoms with van der Waals surface area (Å²) >= 11 is 0. The van der Waals surface area contributed by atoms with Crippen LogP contribution < -0.4 is 10.6 Å². The number of furan rings is 1. The monoisotopic (exact) mass is 336 g/mol. The van der Waals surface area contributed by atoms with Gasteiger partial charge in [-0.3, -0.25) is 9.59 Å². The van der Waals surface area contributed by atoms with Crippen molar-refractivity contribution in [1.82, 2.24) is 5.32 Å². The summed E-state index contributed by atoms with van der Waals surface area (Å²) in [6.07, 6.45) is 1.30. The fourth-order valence-electron chi connectivity index (χ4n) is 2.00. The van der Waals surface area contributed by atoms with Crippen LogP contribution >= 0.6 is 0 Å². The van der Waals surface area contributed by atoms with Gasteiger partial charge in [0.25, 0.3) is 11.8 Å². The third-order valence-corrected chi connectivity index (χ3v) is 3.28. The first-order chi connectivity index (χ1) is 11.3. The number of benzene rings is 1. The van der Waals surface area contributed by atoms with E-state index in [2.05, 4.69) is 10.6 Å². The van der Waals surface area contributed by atoms with Crippen molar-refractivity contribution in [3.63, 3.8) is 0 Å². The number of hydrogen-bond acceptors (Lipinski definition) is 3. The lowest BCUT2D eigenvalue weighted by Crippen LogP contribution is -2.27. The molecule has 1 aromatic heterocycles. The molecule has 0 aliphatic heterocycles. The predicted molar refractivity (Wildman–Crippen MR) is 84.9 cm³/mol. The number of anilines is 1. The van der Waals surface area contributed by atoms with Gasteiger partial charge in [0.1, 0.15) is 5.69 Å². The summed E-state index contributed by atoms with van der Waals surface area (Å²) in [6.45, 7) is 5.82. The SMILES string of the molecule is Cc1ccoc1C(=O)Nc1c(F)cc(C(=O)NCC(C)C)cc1F. The summed E-state index contributed by atoms with van der Waals surface area (Å²) in [5.41, 5.74) is -0.243. The van der Waals surface area contributed by atoms with Gasteiger partial charge >= 0.3 is 0 Å². The van der Waals surface area contributed by atoms with Crippen LogP contribution in [0.3, 0.4) is 0 Å². The Morgan fingerprint density at radius 1 is 1.17 bits per heavy atom. The molecule has 2 rings (SSSR count). The number of carbonyl (C=O) groups excluding carboxylic acids is 2. The van der Waals surface area contributed by atoms with Crippen LogP contribution in [-0.4, -0.2) is 18.4 Å². The highest BCUT2D eigenvalue weighted by Gasteiger charge is 2.20. The predicted octanol–water partition coefficient (Wildman–Crippen LogP) is 3.50. The molecule has 5 nitrogen and oxygen atoms in total. The number of amides is 2. The second kappa shape index (κ2) is 7.25. The third kappa shape index (κ3) is 3.98. The summed E-state index contributed by atoms with van der Waals surface area (Å²) in [6, 6.07) is 3.32. The lowest BCUT2D eigenvalue weighted by molar-refractivity contribution is 0.0947. The van der Waals surface area contributed by atoms with Crippen LogP contribution in [0.15, 0.2) is 28.9 Å². The van der Waals surface area contributed by atoms with Crippen molar-refractivity contribution in [1.29, 1.82) is 0 Å². The van der Waals surface area contributed by atoms with Gasteiger partial charge in [0.05, 0.1) is 6.26 Å². The van der Waals surface area contributed by atoms with Crippen molar-refractivity contribution in [3.8, 4) is 0 Å². The van der Waals surface area contributed by atoms with Crippen LogP contribution in [0.4, 0.5) is 14.5 Å². The molecule has 1 heterocycles. The third-order valence-electron chi connectivity index (χ3n) is 3.28. The second-order valence-electron chi connectivity index (χ2n) is 5.81.